The quantitative estimate of drug-likeness (QED) is 0.619. The summed E-state index contributed by atoms with van der Waals surface area (Å²) in [5, 5.41) is 5.17. The highest BCUT2D eigenvalue weighted by molar-refractivity contribution is 6.31. The Morgan fingerprint density at radius 3 is 2.39 bits per heavy atom. The van der Waals surface area contributed by atoms with Gasteiger partial charge < -0.3 is 5.32 Å². The minimum Gasteiger partial charge on any atom is -0.314 e. The molecule has 6 heteroatoms. The Kier molecular flexibility index (Phi) is 5.32. The lowest BCUT2D eigenvalue weighted by molar-refractivity contribution is -0.137. The van der Waals surface area contributed by atoms with Crippen LogP contribution in [-0.4, -0.2) is 31.1 Å². The second-order valence-electron chi connectivity index (χ2n) is 6.99. The lowest BCUT2D eigenvalue weighted by Crippen LogP contribution is -2.45. The fourth-order valence-electron chi connectivity index (χ4n) is 3.95. The first-order chi connectivity index (χ1) is 13.4. The Bertz CT molecular complexity index is 976. The highest BCUT2D eigenvalue weighted by Gasteiger charge is 2.35. The molecule has 0 aromatic heterocycles. The first kappa shape index (κ1) is 19.2. The Hall–Kier alpha value is -2.08. The number of piperazine rings is 1. The summed E-state index contributed by atoms with van der Waals surface area (Å²) in [6.45, 7) is 3.14. The first-order valence-corrected chi connectivity index (χ1v) is 9.62. The SMILES string of the molecule is FC(F)(F)c1cc(C(c2cccc3ccccc23)N2CCNCC2)ccc1Cl. The van der Waals surface area contributed by atoms with Crippen LogP contribution in [0.1, 0.15) is 22.7 Å². The van der Waals surface area contributed by atoms with Gasteiger partial charge in [-0.2, -0.15) is 13.2 Å². The summed E-state index contributed by atoms with van der Waals surface area (Å²) in [7, 11) is 0. The van der Waals surface area contributed by atoms with Crippen molar-refractivity contribution in [2.75, 3.05) is 26.2 Å². The van der Waals surface area contributed by atoms with Crippen molar-refractivity contribution >= 4 is 22.4 Å². The van der Waals surface area contributed by atoms with Gasteiger partial charge in [-0.1, -0.05) is 60.1 Å². The van der Waals surface area contributed by atoms with E-state index in [9.17, 15) is 13.2 Å². The topological polar surface area (TPSA) is 15.3 Å². The molecule has 2 nitrogen and oxygen atoms in total. The zero-order chi connectivity index (χ0) is 19.7. The maximum Gasteiger partial charge on any atom is 0.417 e. The van der Waals surface area contributed by atoms with E-state index in [0.29, 0.717) is 5.56 Å². The minimum atomic E-state index is -4.49. The molecule has 3 aromatic rings. The van der Waals surface area contributed by atoms with Crippen LogP contribution in [0.3, 0.4) is 0 Å². The van der Waals surface area contributed by atoms with Gasteiger partial charge in [0.15, 0.2) is 0 Å². The number of benzene rings is 3. The largest absolute Gasteiger partial charge is 0.417 e. The molecule has 0 aliphatic carbocycles. The standard InChI is InChI=1S/C22H20ClF3N2/c23-20-9-8-16(14-19(20)22(24,25)26)21(28-12-10-27-11-13-28)18-7-3-5-15-4-1-2-6-17(15)18/h1-9,14,21,27H,10-13H2. The minimum absolute atomic E-state index is 0.270. The number of nitrogens with zero attached hydrogens (tertiary/aromatic N) is 1. The average molecular weight is 405 g/mol. The van der Waals surface area contributed by atoms with E-state index in [1.807, 2.05) is 42.5 Å². The fourth-order valence-corrected chi connectivity index (χ4v) is 4.17. The summed E-state index contributed by atoms with van der Waals surface area (Å²) in [5.74, 6) is 0. The number of rotatable bonds is 3. The van der Waals surface area contributed by atoms with Gasteiger partial charge in [0, 0.05) is 26.2 Å². The maximum absolute atomic E-state index is 13.5. The van der Waals surface area contributed by atoms with Crippen LogP contribution in [0.2, 0.25) is 5.02 Å². The molecule has 0 saturated carbocycles. The molecule has 1 aliphatic heterocycles. The molecule has 3 aromatic carbocycles. The number of fused-ring (bicyclic) bond motifs is 1. The van der Waals surface area contributed by atoms with Crippen LogP contribution >= 0.6 is 11.6 Å². The van der Waals surface area contributed by atoms with Gasteiger partial charge in [0.1, 0.15) is 0 Å². The molecule has 1 N–H and O–H groups in total. The normalized spacial score (nSPS) is 17.0. The van der Waals surface area contributed by atoms with Crippen molar-refractivity contribution in [1.29, 1.82) is 0 Å². The molecule has 1 aliphatic rings. The Morgan fingerprint density at radius 2 is 1.64 bits per heavy atom. The molecular formula is C22H20ClF3N2. The van der Waals surface area contributed by atoms with Crippen LogP contribution in [0.15, 0.2) is 60.7 Å². The van der Waals surface area contributed by atoms with Crippen LogP contribution in [0.25, 0.3) is 10.8 Å². The molecule has 0 spiro atoms. The van der Waals surface area contributed by atoms with Crippen LogP contribution in [0.5, 0.6) is 0 Å². The third kappa shape index (κ3) is 3.75. The highest BCUT2D eigenvalue weighted by atomic mass is 35.5. The summed E-state index contributed by atoms with van der Waals surface area (Å²) in [6.07, 6.45) is -4.49. The monoisotopic (exact) mass is 404 g/mol. The predicted molar refractivity (Wildman–Crippen MR) is 107 cm³/mol. The van der Waals surface area contributed by atoms with E-state index >= 15 is 0 Å². The summed E-state index contributed by atoms with van der Waals surface area (Å²) >= 11 is 5.87. The van der Waals surface area contributed by atoms with Crippen LogP contribution in [-0.2, 0) is 6.18 Å². The van der Waals surface area contributed by atoms with E-state index < -0.39 is 11.7 Å². The van der Waals surface area contributed by atoms with Gasteiger partial charge in [-0.3, -0.25) is 4.90 Å². The van der Waals surface area contributed by atoms with Crippen LogP contribution in [0, 0.1) is 0 Å². The zero-order valence-electron chi connectivity index (χ0n) is 15.1. The number of alkyl halides is 3. The van der Waals surface area contributed by atoms with Gasteiger partial charge in [0.25, 0.3) is 0 Å². The van der Waals surface area contributed by atoms with Gasteiger partial charge in [-0.05, 0) is 34.0 Å². The Balaban J connectivity index is 1.90. The third-order valence-corrected chi connectivity index (χ3v) is 5.58. The summed E-state index contributed by atoms with van der Waals surface area (Å²) in [5.41, 5.74) is 0.831. The molecule has 146 valence electrons. The third-order valence-electron chi connectivity index (χ3n) is 5.25. The smallest absolute Gasteiger partial charge is 0.314 e. The summed E-state index contributed by atoms with van der Waals surface area (Å²) < 4.78 is 40.4. The molecule has 0 amide bonds. The summed E-state index contributed by atoms with van der Waals surface area (Å²) in [4.78, 5) is 2.24. The van der Waals surface area contributed by atoms with E-state index in [2.05, 4.69) is 10.2 Å². The lowest BCUT2D eigenvalue weighted by atomic mass is 9.91. The number of halogens is 4. The van der Waals surface area contributed by atoms with Crippen molar-refractivity contribution in [3.8, 4) is 0 Å². The van der Waals surface area contributed by atoms with E-state index in [0.717, 1.165) is 42.5 Å². The molecular weight excluding hydrogens is 385 g/mol. The molecule has 1 saturated heterocycles. The average Bonchev–Trinajstić information content (AvgIpc) is 2.69. The van der Waals surface area contributed by atoms with E-state index in [1.165, 1.54) is 12.1 Å². The van der Waals surface area contributed by atoms with E-state index in [-0.39, 0.29) is 11.1 Å². The van der Waals surface area contributed by atoms with Crippen molar-refractivity contribution in [3.05, 3.63) is 82.4 Å². The Labute approximate surface area is 166 Å². The number of hydrogen-bond donors (Lipinski definition) is 1. The summed E-state index contributed by atoms with van der Waals surface area (Å²) in [6, 6.07) is 18.0. The zero-order valence-corrected chi connectivity index (χ0v) is 15.9. The van der Waals surface area contributed by atoms with Crippen LogP contribution < -0.4 is 5.32 Å². The van der Waals surface area contributed by atoms with Gasteiger partial charge in [-0.15, -0.1) is 0 Å². The molecule has 0 bridgehead atoms. The van der Waals surface area contributed by atoms with Gasteiger partial charge >= 0.3 is 6.18 Å². The van der Waals surface area contributed by atoms with Crippen molar-refractivity contribution in [3.63, 3.8) is 0 Å². The molecule has 1 atom stereocenters. The Morgan fingerprint density at radius 1 is 0.929 bits per heavy atom. The molecule has 1 heterocycles. The van der Waals surface area contributed by atoms with Crippen molar-refractivity contribution in [2.45, 2.75) is 12.2 Å². The van der Waals surface area contributed by atoms with Crippen molar-refractivity contribution in [1.82, 2.24) is 10.2 Å². The molecule has 1 unspecified atom stereocenters. The molecule has 1 fully saturated rings. The van der Waals surface area contributed by atoms with E-state index in [1.54, 1.807) is 6.07 Å². The molecule has 28 heavy (non-hydrogen) atoms. The predicted octanol–water partition coefficient (Wildman–Crippen LogP) is 5.51. The first-order valence-electron chi connectivity index (χ1n) is 9.24. The second-order valence-corrected chi connectivity index (χ2v) is 7.40. The van der Waals surface area contributed by atoms with E-state index in [4.69, 9.17) is 11.6 Å². The second kappa shape index (κ2) is 7.74. The molecule has 4 rings (SSSR count). The van der Waals surface area contributed by atoms with Gasteiger partial charge in [-0.25, -0.2) is 0 Å². The van der Waals surface area contributed by atoms with Gasteiger partial charge in [0.2, 0.25) is 0 Å². The number of hydrogen-bond acceptors (Lipinski definition) is 2. The van der Waals surface area contributed by atoms with Crippen molar-refractivity contribution in [2.24, 2.45) is 0 Å². The maximum atomic E-state index is 13.5. The highest BCUT2D eigenvalue weighted by Crippen LogP contribution is 2.39. The van der Waals surface area contributed by atoms with Crippen LogP contribution in [0.4, 0.5) is 13.2 Å². The van der Waals surface area contributed by atoms with Crippen molar-refractivity contribution < 1.29 is 13.2 Å². The molecule has 0 radical (unpaired) electrons. The van der Waals surface area contributed by atoms with Gasteiger partial charge in [0.05, 0.1) is 16.6 Å². The number of nitrogens with one attached hydrogen (secondary N) is 1. The lowest BCUT2D eigenvalue weighted by Gasteiger charge is -2.36. The fraction of sp³-hybridized carbons (Fsp3) is 0.273.